The van der Waals surface area contributed by atoms with Crippen LogP contribution >= 0.6 is 0 Å². The Morgan fingerprint density at radius 1 is 1.38 bits per heavy atom. The maximum Gasteiger partial charge on any atom is 0.332 e. The Kier molecular flexibility index (Phi) is 3.66. The van der Waals surface area contributed by atoms with Crippen molar-refractivity contribution >= 4 is 5.97 Å². The lowest BCUT2D eigenvalue weighted by molar-refractivity contribution is -0.150. The molecule has 0 spiro atoms. The van der Waals surface area contributed by atoms with Crippen molar-refractivity contribution in [2.45, 2.75) is 31.5 Å². The molecule has 21 heavy (non-hydrogen) atoms. The van der Waals surface area contributed by atoms with Gasteiger partial charge in [0.1, 0.15) is 11.9 Å². The first kappa shape index (κ1) is 13.7. The fourth-order valence-electron chi connectivity index (χ4n) is 2.28. The molecule has 2 aromatic rings. The van der Waals surface area contributed by atoms with Gasteiger partial charge in [-0.05, 0) is 24.5 Å². The molecule has 0 bridgehead atoms. The van der Waals surface area contributed by atoms with E-state index in [-0.39, 0.29) is 18.1 Å². The van der Waals surface area contributed by atoms with Crippen LogP contribution in [0.2, 0.25) is 0 Å². The normalized spacial score (nSPS) is 21.6. The van der Waals surface area contributed by atoms with Gasteiger partial charge >= 0.3 is 5.97 Å². The smallest absolute Gasteiger partial charge is 0.332 e. The van der Waals surface area contributed by atoms with Crippen LogP contribution in [0.3, 0.4) is 0 Å². The van der Waals surface area contributed by atoms with Gasteiger partial charge in [0.05, 0.1) is 0 Å². The van der Waals surface area contributed by atoms with Gasteiger partial charge in [-0.15, -0.1) is 0 Å². The largest absolute Gasteiger partial charge is 0.479 e. The van der Waals surface area contributed by atoms with Crippen molar-refractivity contribution in [3.05, 3.63) is 47.4 Å². The molecular formula is C14H13FN2O4. The van der Waals surface area contributed by atoms with Crippen molar-refractivity contribution in [3.8, 4) is 0 Å². The van der Waals surface area contributed by atoms with Gasteiger partial charge in [-0.3, -0.25) is 0 Å². The molecular weight excluding hydrogens is 279 g/mol. The zero-order chi connectivity index (χ0) is 14.8. The second-order valence-corrected chi connectivity index (χ2v) is 4.85. The van der Waals surface area contributed by atoms with E-state index in [9.17, 15) is 9.18 Å². The van der Waals surface area contributed by atoms with Crippen LogP contribution in [0.15, 0.2) is 28.8 Å². The summed E-state index contributed by atoms with van der Waals surface area (Å²) in [7, 11) is 0. The number of carbonyl (C=O) groups is 1. The summed E-state index contributed by atoms with van der Waals surface area (Å²) in [5, 5.41) is 12.7. The molecule has 2 heterocycles. The van der Waals surface area contributed by atoms with Gasteiger partial charge in [0.2, 0.25) is 0 Å². The molecule has 1 fully saturated rings. The van der Waals surface area contributed by atoms with Crippen molar-refractivity contribution < 1.29 is 23.6 Å². The third-order valence-electron chi connectivity index (χ3n) is 3.36. The predicted molar refractivity (Wildman–Crippen MR) is 68.0 cm³/mol. The Morgan fingerprint density at radius 3 is 2.90 bits per heavy atom. The first-order chi connectivity index (χ1) is 10.1. The fraction of sp³-hybridized carbons (Fsp3) is 0.357. The zero-order valence-corrected chi connectivity index (χ0v) is 11.0. The lowest BCUT2D eigenvalue weighted by Crippen LogP contribution is -2.18. The van der Waals surface area contributed by atoms with Gasteiger partial charge in [-0.25, -0.2) is 9.18 Å². The summed E-state index contributed by atoms with van der Waals surface area (Å²) in [4.78, 5) is 15.0. The van der Waals surface area contributed by atoms with E-state index in [1.165, 1.54) is 6.07 Å². The van der Waals surface area contributed by atoms with E-state index in [2.05, 4.69) is 10.1 Å². The number of aromatic nitrogens is 2. The van der Waals surface area contributed by atoms with Crippen molar-refractivity contribution in [3.63, 3.8) is 0 Å². The van der Waals surface area contributed by atoms with E-state index in [1.807, 2.05) is 0 Å². The lowest BCUT2D eigenvalue weighted by Gasteiger charge is -2.05. The van der Waals surface area contributed by atoms with Gasteiger partial charge in [0.25, 0.3) is 5.89 Å². The number of carboxylic acid groups (broad SMARTS) is 1. The van der Waals surface area contributed by atoms with E-state index in [1.54, 1.807) is 18.2 Å². The van der Waals surface area contributed by atoms with Crippen molar-refractivity contribution in [2.24, 2.45) is 0 Å². The number of hydrogen-bond acceptors (Lipinski definition) is 5. The van der Waals surface area contributed by atoms with E-state index in [4.69, 9.17) is 14.4 Å². The summed E-state index contributed by atoms with van der Waals surface area (Å²) in [6.07, 6.45) is -0.209. The van der Waals surface area contributed by atoms with Gasteiger partial charge in [-0.2, -0.15) is 4.98 Å². The van der Waals surface area contributed by atoms with Crippen molar-refractivity contribution in [1.29, 1.82) is 0 Å². The van der Waals surface area contributed by atoms with Crippen LogP contribution in [0.4, 0.5) is 4.39 Å². The first-order valence-corrected chi connectivity index (χ1v) is 6.57. The molecule has 0 radical (unpaired) electrons. The first-order valence-electron chi connectivity index (χ1n) is 6.57. The molecule has 7 heteroatoms. The average Bonchev–Trinajstić information content (AvgIpc) is 3.10. The fourth-order valence-corrected chi connectivity index (χ4v) is 2.28. The standard InChI is InChI=1S/C14H13FN2O4/c15-9-4-2-1-3-8(9)7-12-16-13(21-17-12)10-5-6-11(20-10)14(18)19/h1-4,10-11H,5-7H2,(H,18,19). The molecule has 6 nitrogen and oxygen atoms in total. The summed E-state index contributed by atoms with van der Waals surface area (Å²) in [5.41, 5.74) is 0.473. The van der Waals surface area contributed by atoms with Gasteiger partial charge in [0.15, 0.2) is 11.9 Å². The molecule has 1 aromatic heterocycles. The van der Waals surface area contributed by atoms with Crippen LogP contribution in [0.25, 0.3) is 0 Å². The summed E-state index contributed by atoms with van der Waals surface area (Å²) in [6.45, 7) is 0. The molecule has 0 amide bonds. The summed E-state index contributed by atoms with van der Waals surface area (Å²) in [6, 6.07) is 6.36. The van der Waals surface area contributed by atoms with E-state index in [0.29, 0.717) is 24.2 Å². The number of ether oxygens (including phenoxy) is 1. The highest BCUT2D eigenvalue weighted by molar-refractivity contribution is 5.72. The Hall–Kier alpha value is -2.28. The predicted octanol–water partition coefficient (Wildman–Crippen LogP) is 2.10. The van der Waals surface area contributed by atoms with Gasteiger partial charge in [-0.1, -0.05) is 23.4 Å². The summed E-state index contributed by atoms with van der Waals surface area (Å²) < 4.78 is 24.0. The molecule has 3 rings (SSSR count). The number of nitrogens with zero attached hydrogens (tertiary/aromatic N) is 2. The van der Waals surface area contributed by atoms with Crippen LogP contribution in [0, 0.1) is 5.82 Å². The maximum absolute atomic E-state index is 13.5. The minimum atomic E-state index is -0.997. The highest BCUT2D eigenvalue weighted by atomic mass is 19.1. The minimum absolute atomic E-state index is 0.214. The monoisotopic (exact) mass is 292 g/mol. The van der Waals surface area contributed by atoms with Crippen LogP contribution in [-0.2, 0) is 16.0 Å². The van der Waals surface area contributed by atoms with Gasteiger partial charge < -0.3 is 14.4 Å². The minimum Gasteiger partial charge on any atom is -0.479 e. The lowest BCUT2D eigenvalue weighted by atomic mass is 10.1. The molecule has 0 aliphatic carbocycles. The molecule has 2 atom stereocenters. The number of hydrogen-bond donors (Lipinski definition) is 1. The van der Waals surface area contributed by atoms with Crippen LogP contribution < -0.4 is 0 Å². The van der Waals surface area contributed by atoms with E-state index >= 15 is 0 Å². The molecule has 1 aromatic carbocycles. The summed E-state index contributed by atoms with van der Waals surface area (Å²) >= 11 is 0. The third kappa shape index (κ3) is 2.92. The van der Waals surface area contributed by atoms with Gasteiger partial charge in [0, 0.05) is 6.42 Å². The summed E-state index contributed by atoms with van der Waals surface area (Å²) in [5.74, 6) is -0.738. The third-order valence-corrected chi connectivity index (χ3v) is 3.36. The van der Waals surface area contributed by atoms with Crippen LogP contribution in [0.1, 0.15) is 36.2 Å². The molecule has 1 saturated heterocycles. The number of halogens is 1. The van der Waals surface area contributed by atoms with E-state index < -0.39 is 18.2 Å². The maximum atomic E-state index is 13.5. The Balaban J connectivity index is 1.70. The number of aliphatic carboxylic acids is 1. The molecule has 0 saturated carbocycles. The molecule has 1 N–H and O–H groups in total. The highest BCUT2D eigenvalue weighted by Crippen LogP contribution is 2.31. The molecule has 1 aliphatic rings. The van der Waals surface area contributed by atoms with Crippen molar-refractivity contribution in [1.82, 2.24) is 10.1 Å². The highest BCUT2D eigenvalue weighted by Gasteiger charge is 2.34. The SMILES string of the molecule is O=C(O)C1CCC(c2nc(Cc3ccccc3F)no2)O1. The topological polar surface area (TPSA) is 85.5 Å². The molecule has 1 aliphatic heterocycles. The quantitative estimate of drug-likeness (QED) is 0.928. The average molecular weight is 292 g/mol. The van der Waals surface area contributed by atoms with Crippen LogP contribution in [0.5, 0.6) is 0 Å². The molecule has 2 unspecified atom stereocenters. The Bertz CT molecular complexity index is 658. The second kappa shape index (κ2) is 5.61. The van der Waals surface area contributed by atoms with E-state index in [0.717, 1.165) is 0 Å². The number of benzene rings is 1. The molecule has 110 valence electrons. The van der Waals surface area contributed by atoms with Crippen molar-refractivity contribution in [2.75, 3.05) is 0 Å². The second-order valence-electron chi connectivity index (χ2n) is 4.85. The zero-order valence-electron chi connectivity index (χ0n) is 11.0. The van der Waals surface area contributed by atoms with Crippen LogP contribution in [-0.4, -0.2) is 27.3 Å². The Morgan fingerprint density at radius 2 is 2.19 bits per heavy atom. The number of carboxylic acids is 1. The number of rotatable bonds is 4. The Labute approximate surface area is 119 Å².